The minimum absolute atomic E-state index is 0.0419. The molecule has 170 valence electrons. The maximum atomic E-state index is 13.9. The fraction of sp³-hybridized carbons (Fsp3) is 0.136. The van der Waals surface area contributed by atoms with Crippen LogP contribution in [0.25, 0.3) is 16.5 Å². The summed E-state index contributed by atoms with van der Waals surface area (Å²) in [7, 11) is 3.21. The van der Waals surface area contributed by atoms with Crippen molar-refractivity contribution in [3.8, 4) is 0 Å². The van der Waals surface area contributed by atoms with Gasteiger partial charge < -0.3 is 15.5 Å². The predicted molar refractivity (Wildman–Crippen MR) is 122 cm³/mol. The summed E-state index contributed by atoms with van der Waals surface area (Å²) in [5.74, 6) is -2.80. The number of aromatic nitrogens is 3. The molecule has 0 radical (unpaired) electrons. The Kier molecular flexibility index (Phi) is 6.91. The van der Waals surface area contributed by atoms with E-state index < -0.39 is 23.2 Å². The number of carbonyl (C=O) groups is 2. The molecular formula is C22H21F2N7O2. The van der Waals surface area contributed by atoms with E-state index in [2.05, 4.69) is 37.5 Å². The van der Waals surface area contributed by atoms with Gasteiger partial charge in [-0.1, -0.05) is 6.07 Å². The van der Waals surface area contributed by atoms with Crippen LogP contribution >= 0.6 is 0 Å². The number of nitrogens with zero attached hydrogens (tertiary/aromatic N) is 4. The van der Waals surface area contributed by atoms with Gasteiger partial charge in [-0.2, -0.15) is 5.10 Å². The summed E-state index contributed by atoms with van der Waals surface area (Å²) in [5.41, 5.74) is 1.77. The molecule has 3 aromatic rings. The van der Waals surface area contributed by atoms with Crippen LogP contribution in [0.1, 0.15) is 23.0 Å². The number of benzene rings is 1. The molecule has 0 aliphatic carbocycles. The number of allylic oxidation sites excluding steroid dienone is 2. The first-order valence-corrected chi connectivity index (χ1v) is 9.62. The predicted octanol–water partition coefficient (Wildman–Crippen LogP) is 3.70. The molecule has 0 spiro atoms. The molecule has 0 saturated carbocycles. The molecule has 1 aromatic carbocycles. The zero-order chi connectivity index (χ0) is 24.1. The Morgan fingerprint density at radius 3 is 2.55 bits per heavy atom. The summed E-state index contributed by atoms with van der Waals surface area (Å²) in [5, 5.41) is 12.0. The molecule has 0 aliphatic heterocycles. The van der Waals surface area contributed by atoms with E-state index in [0.29, 0.717) is 22.2 Å². The maximum absolute atomic E-state index is 13.9. The van der Waals surface area contributed by atoms with Crippen molar-refractivity contribution in [3.63, 3.8) is 0 Å². The van der Waals surface area contributed by atoms with Crippen molar-refractivity contribution in [2.45, 2.75) is 6.92 Å². The summed E-state index contributed by atoms with van der Waals surface area (Å²) >= 11 is 0. The van der Waals surface area contributed by atoms with Crippen LogP contribution in [0.5, 0.6) is 0 Å². The monoisotopic (exact) mass is 453 g/mol. The molecule has 0 bridgehead atoms. The third-order valence-corrected chi connectivity index (χ3v) is 4.59. The number of aromatic amines is 1. The zero-order valence-electron chi connectivity index (χ0n) is 18.1. The number of rotatable bonds is 6. The number of carbonyl (C=O) groups excluding carboxylic acids is 2. The SMILES string of the molecule is C=N/C=C(\C=C(/C)c1ccc2[nH]nc(C(=O)Nc3c(F)cncc3F)c2c1)NC(=O)N(C)C. The lowest BCUT2D eigenvalue weighted by Gasteiger charge is -2.13. The van der Waals surface area contributed by atoms with Crippen LogP contribution in [0.3, 0.4) is 0 Å². The molecular weight excluding hydrogens is 432 g/mol. The number of halogens is 2. The molecule has 0 fully saturated rings. The third kappa shape index (κ3) is 5.26. The molecule has 3 N–H and O–H groups in total. The molecule has 2 aromatic heterocycles. The van der Waals surface area contributed by atoms with Gasteiger partial charge in [-0.3, -0.25) is 19.9 Å². The van der Waals surface area contributed by atoms with Crippen LogP contribution in [-0.4, -0.2) is 52.8 Å². The van der Waals surface area contributed by atoms with E-state index in [1.165, 1.54) is 11.1 Å². The number of aliphatic imine (C=N–C) groups is 1. The highest BCUT2D eigenvalue weighted by atomic mass is 19.1. The van der Waals surface area contributed by atoms with E-state index in [-0.39, 0.29) is 11.7 Å². The second kappa shape index (κ2) is 9.81. The average molecular weight is 453 g/mol. The molecule has 9 nitrogen and oxygen atoms in total. The van der Waals surface area contributed by atoms with E-state index in [0.717, 1.165) is 18.0 Å². The smallest absolute Gasteiger partial charge is 0.321 e. The van der Waals surface area contributed by atoms with E-state index in [1.54, 1.807) is 38.4 Å². The second-order valence-corrected chi connectivity index (χ2v) is 7.18. The number of amides is 3. The number of urea groups is 1. The minimum Gasteiger partial charge on any atom is -0.331 e. The molecule has 2 heterocycles. The second-order valence-electron chi connectivity index (χ2n) is 7.18. The van der Waals surface area contributed by atoms with Gasteiger partial charge in [-0.15, -0.1) is 0 Å². The number of H-pyrrole nitrogens is 1. The van der Waals surface area contributed by atoms with Crippen molar-refractivity contribution >= 4 is 40.8 Å². The molecule has 11 heteroatoms. The fourth-order valence-corrected chi connectivity index (χ4v) is 2.89. The third-order valence-electron chi connectivity index (χ3n) is 4.59. The molecule has 0 unspecified atom stereocenters. The lowest BCUT2D eigenvalue weighted by atomic mass is 10.0. The van der Waals surface area contributed by atoms with Gasteiger partial charge >= 0.3 is 6.03 Å². The van der Waals surface area contributed by atoms with Crippen LogP contribution in [0.4, 0.5) is 19.3 Å². The van der Waals surface area contributed by atoms with Gasteiger partial charge in [0.2, 0.25) is 0 Å². The van der Waals surface area contributed by atoms with E-state index >= 15 is 0 Å². The van der Waals surface area contributed by atoms with Crippen molar-refractivity contribution in [3.05, 3.63) is 71.5 Å². The van der Waals surface area contributed by atoms with E-state index in [4.69, 9.17) is 0 Å². The van der Waals surface area contributed by atoms with Crippen molar-refractivity contribution < 1.29 is 18.4 Å². The average Bonchev–Trinajstić information content (AvgIpc) is 3.19. The first kappa shape index (κ1) is 23.3. The minimum atomic E-state index is -1.00. The van der Waals surface area contributed by atoms with Crippen LogP contribution in [0.2, 0.25) is 0 Å². The molecule has 3 rings (SSSR count). The Morgan fingerprint density at radius 2 is 1.91 bits per heavy atom. The Hall–Kier alpha value is -4.41. The number of nitrogens with one attached hydrogen (secondary N) is 3. The van der Waals surface area contributed by atoms with Crippen molar-refractivity contribution in [1.82, 2.24) is 25.4 Å². The van der Waals surface area contributed by atoms with E-state index in [1.807, 2.05) is 6.92 Å². The van der Waals surface area contributed by atoms with Crippen LogP contribution in [-0.2, 0) is 0 Å². The number of pyridine rings is 1. The first-order valence-electron chi connectivity index (χ1n) is 9.62. The van der Waals surface area contributed by atoms with Gasteiger partial charge in [0.05, 0.1) is 23.6 Å². The molecule has 0 aliphatic rings. The highest BCUT2D eigenvalue weighted by molar-refractivity contribution is 6.11. The molecule has 0 saturated heterocycles. The number of anilines is 1. The maximum Gasteiger partial charge on any atom is 0.321 e. The summed E-state index contributed by atoms with van der Waals surface area (Å²) in [6.07, 6.45) is 4.69. The van der Waals surface area contributed by atoms with Crippen molar-refractivity contribution in [2.24, 2.45) is 4.99 Å². The van der Waals surface area contributed by atoms with Gasteiger partial charge in [0.15, 0.2) is 17.3 Å². The lowest BCUT2D eigenvalue weighted by molar-refractivity contribution is 0.102. The Bertz CT molecular complexity index is 1270. The zero-order valence-corrected chi connectivity index (χ0v) is 18.1. The summed E-state index contributed by atoms with van der Waals surface area (Å²) in [6, 6.07) is 4.87. The lowest BCUT2D eigenvalue weighted by Crippen LogP contribution is -2.33. The standard InChI is InChI=1S/C22H21F2N7O2/c1-12(7-14(9-25-2)27-22(33)31(3)4)13-5-6-18-15(8-13)19(30-29-18)21(32)28-20-16(23)10-26-11-17(20)24/h5-11H,2H2,1,3-4H3,(H,27,33)(H,29,30)(H,26,28,32)/b12-7+,14-9+. The highest BCUT2D eigenvalue weighted by Crippen LogP contribution is 2.25. The summed E-state index contributed by atoms with van der Waals surface area (Å²) in [4.78, 5) is 33.1. The quantitative estimate of drug-likeness (QED) is 0.390. The molecule has 0 atom stereocenters. The Labute approximate surface area is 187 Å². The number of fused-ring (bicyclic) bond motifs is 1. The summed E-state index contributed by atoms with van der Waals surface area (Å²) < 4.78 is 27.7. The van der Waals surface area contributed by atoms with Gasteiger partial charge in [-0.25, -0.2) is 13.6 Å². The first-order chi connectivity index (χ1) is 15.7. The van der Waals surface area contributed by atoms with Crippen molar-refractivity contribution in [2.75, 3.05) is 19.4 Å². The van der Waals surface area contributed by atoms with E-state index in [9.17, 15) is 18.4 Å². The number of hydrogen-bond acceptors (Lipinski definition) is 5. The van der Waals surface area contributed by atoms with Gasteiger partial charge in [-0.05, 0) is 43.0 Å². The van der Waals surface area contributed by atoms with Gasteiger partial charge in [0.25, 0.3) is 5.91 Å². The van der Waals surface area contributed by atoms with Gasteiger partial charge in [0.1, 0.15) is 5.69 Å². The Balaban J connectivity index is 1.93. The van der Waals surface area contributed by atoms with Crippen molar-refractivity contribution in [1.29, 1.82) is 0 Å². The normalized spacial score (nSPS) is 11.9. The highest BCUT2D eigenvalue weighted by Gasteiger charge is 2.19. The number of hydrogen-bond donors (Lipinski definition) is 3. The molecule has 3 amide bonds. The van der Waals surface area contributed by atoms with Crippen LogP contribution in [0.15, 0.2) is 53.6 Å². The largest absolute Gasteiger partial charge is 0.331 e. The van der Waals surface area contributed by atoms with Crippen LogP contribution < -0.4 is 10.6 Å². The Morgan fingerprint density at radius 1 is 1.21 bits per heavy atom. The topological polar surface area (TPSA) is 115 Å². The summed E-state index contributed by atoms with van der Waals surface area (Å²) in [6.45, 7) is 5.22. The molecule has 33 heavy (non-hydrogen) atoms. The van der Waals surface area contributed by atoms with Gasteiger partial charge in [0, 0.05) is 25.7 Å². The fourth-order valence-electron chi connectivity index (χ4n) is 2.89. The van der Waals surface area contributed by atoms with Crippen LogP contribution in [0, 0.1) is 11.6 Å².